The van der Waals surface area contributed by atoms with Crippen LogP contribution >= 0.6 is 12.6 Å². The van der Waals surface area contributed by atoms with Gasteiger partial charge in [-0.25, -0.2) is 0 Å². The number of imide groups is 1. The molecule has 0 bridgehead atoms. The minimum atomic E-state index is -0.00677. The van der Waals surface area contributed by atoms with Crippen LogP contribution in [-0.2, 0) is 9.59 Å². The minimum absolute atomic E-state index is 0.00677. The second kappa shape index (κ2) is 5.64. The van der Waals surface area contributed by atoms with Crippen molar-refractivity contribution in [2.45, 2.75) is 39.5 Å². The first-order chi connectivity index (χ1) is 8.54. The molecule has 0 spiro atoms. The summed E-state index contributed by atoms with van der Waals surface area (Å²) in [6.45, 7) is 4.90. The fourth-order valence-corrected chi connectivity index (χ4v) is 3.72. The summed E-state index contributed by atoms with van der Waals surface area (Å²) in [5, 5.41) is 0. The predicted molar refractivity (Wildman–Crippen MR) is 74.3 cm³/mol. The van der Waals surface area contributed by atoms with Crippen LogP contribution in [0, 0.1) is 23.7 Å². The van der Waals surface area contributed by atoms with Gasteiger partial charge in [-0.3, -0.25) is 14.5 Å². The molecule has 3 unspecified atom stereocenters. The van der Waals surface area contributed by atoms with Gasteiger partial charge < -0.3 is 0 Å². The fraction of sp³-hybridized carbons (Fsp3) is 0.857. The van der Waals surface area contributed by atoms with Gasteiger partial charge in [0.2, 0.25) is 11.8 Å². The van der Waals surface area contributed by atoms with Gasteiger partial charge in [0.05, 0.1) is 11.8 Å². The standard InChI is InChI=1S/C14H23NO2S/c1-9(4-6-18)3-5-15-13(16)11-7-10(2)8-12(11)14(15)17/h9-12,18H,3-8H2,1-2H3. The molecule has 0 aromatic carbocycles. The van der Waals surface area contributed by atoms with E-state index in [1.165, 1.54) is 4.90 Å². The molecule has 0 aromatic heterocycles. The smallest absolute Gasteiger partial charge is 0.233 e. The van der Waals surface area contributed by atoms with Crippen molar-refractivity contribution in [3.05, 3.63) is 0 Å². The summed E-state index contributed by atoms with van der Waals surface area (Å²) in [5.74, 6) is 2.09. The SMILES string of the molecule is CC(CCS)CCN1C(=O)C2CC(C)CC2C1=O. The van der Waals surface area contributed by atoms with Crippen LogP contribution in [0.25, 0.3) is 0 Å². The zero-order chi connectivity index (χ0) is 13.3. The van der Waals surface area contributed by atoms with Crippen molar-refractivity contribution in [2.24, 2.45) is 23.7 Å². The third-order valence-electron chi connectivity index (χ3n) is 4.43. The zero-order valence-electron chi connectivity index (χ0n) is 11.3. The van der Waals surface area contributed by atoms with Crippen molar-refractivity contribution in [1.29, 1.82) is 0 Å². The first-order valence-electron chi connectivity index (χ1n) is 7.00. The Kier molecular flexibility index (Phi) is 4.36. The van der Waals surface area contributed by atoms with Gasteiger partial charge >= 0.3 is 0 Å². The van der Waals surface area contributed by atoms with Crippen molar-refractivity contribution < 1.29 is 9.59 Å². The van der Waals surface area contributed by atoms with E-state index in [2.05, 4.69) is 26.5 Å². The highest BCUT2D eigenvalue weighted by molar-refractivity contribution is 7.80. The molecule has 1 aliphatic carbocycles. The highest BCUT2D eigenvalue weighted by Gasteiger charge is 2.51. The van der Waals surface area contributed by atoms with Crippen LogP contribution in [0.2, 0.25) is 0 Å². The number of nitrogens with zero attached hydrogens (tertiary/aromatic N) is 1. The van der Waals surface area contributed by atoms with Gasteiger partial charge in [0, 0.05) is 6.54 Å². The molecule has 2 fully saturated rings. The highest BCUT2D eigenvalue weighted by Crippen LogP contribution is 2.42. The summed E-state index contributed by atoms with van der Waals surface area (Å²) in [7, 11) is 0. The van der Waals surface area contributed by atoms with E-state index in [0.717, 1.165) is 31.4 Å². The maximum Gasteiger partial charge on any atom is 0.233 e. The Balaban J connectivity index is 1.91. The summed E-state index contributed by atoms with van der Waals surface area (Å²) < 4.78 is 0. The lowest BCUT2D eigenvalue weighted by Crippen LogP contribution is -2.33. The van der Waals surface area contributed by atoms with Crippen LogP contribution in [0.4, 0.5) is 0 Å². The first kappa shape index (κ1) is 13.9. The van der Waals surface area contributed by atoms with Crippen LogP contribution in [-0.4, -0.2) is 29.0 Å². The first-order valence-corrected chi connectivity index (χ1v) is 7.64. The summed E-state index contributed by atoms with van der Waals surface area (Å²) in [6.07, 6.45) is 3.76. The number of amides is 2. The monoisotopic (exact) mass is 269 g/mol. The van der Waals surface area contributed by atoms with E-state index in [4.69, 9.17) is 0 Å². The molecule has 2 aliphatic rings. The zero-order valence-corrected chi connectivity index (χ0v) is 12.2. The summed E-state index contributed by atoms with van der Waals surface area (Å²) in [5.41, 5.74) is 0. The molecule has 1 heterocycles. The van der Waals surface area contributed by atoms with E-state index in [1.807, 2.05) is 0 Å². The average Bonchev–Trinajstić information content (AvgIpc) is 2.79. The maximum absolute atomic E-state index is 12.2. The van der Waals surface area contributed by atoms with Crippen molar-refractivity contribution in [1.82, 2.24) is 4.90 Å². The van der Waals surface area contributed by atoms with E-state index in [1.54, 1.807) is 0 Å². The van der Waals surface area contributed by atoms with Crippen molar-refractivity contribution >= 4 is 24.4 Å². The van der Waals surface area contributed by atoms with Crippen LogP contribution in [0.3, 0.4) is 0 Å². The molecule has 2 rings (SSSR count). The fourth-order valence-electron chi connectivity index (χ4n) is 3.28. The molecule has 0 radical (unpaired) electrons. The predicted octanol–water partition coefficient (Wildman–Crippen LogP) is 2.36. The molecular formula is C14H23NO2S. The lowest BCUT2D eigenvalue weighted by atomic mass is 10.00. The van der Waals surface area contributed by atoms with E-state index in [9.17, 15) is 9.59 Å². The lowest BCUT2D eigenvalue weighted by molar-refractivity contribution is -0.140. The van der Waals surface area contributed by atoms with Gasteiger partial charge in [0.1, 0.15) is 0 Å². The number of thiol groups is 1. The molecule has 3 nitrogen and oxygen atoms in total. The third kappa shape index (κ3) is 2.58. The molecular weight excluding hydrogens is 246 g/mol. The number of likely N-dealkylation sites (tertiary alicyclic amines) is 1. The Labute approximate surface area is 115 Å². The molecule has 2 amide bonds. The van der Waals surface area contributed by atoms with Crippen LogP contribution < -0.4 is 0 Å². The third-order valence-corrected chi connectivity index (χ3v) is 4.69. The second-order valence-electron chi connectivity index (χ2n) is 6.02. The average molecular weight is 269 g/mol. The van der Waals surface area contributed by atoms with Crippen LogP contribution in [0.5, 0.6) is 0 Å². The molecule has 3 atom stereocenters. The second-order valence-corrected chi connectivity index (χ2v) is 6.47. The molecule has 1 aliphatic heterocycles. The summed E-state index contributed by atoms with van der Waals surface area (Å²) in [6, 6.07) is 0. The van der Waals surface area contributed by atoms with E-state index in [-0.39, 0.29) is 23.7 Å². The van der Waals surface area contributed by atoms with Crippen molar-refractivity contribution in [2.75, 3.05) is 12.3 Å². The maximum atomic E-state index is 12.2. The van der Waals surface area contributed by atoms with Crippen molar-refractivity contribution in [3.63, 3.8) is 0 Å². The summed E-state index contributed by atoms with van der Waals surface area (Å²) in [4.78, 5) is 25.9. The van der Waals surface area contributed by atoms with E-state index < -0.39 is 0 Å². The van der Waals surface area contributed by atoms with Gasteiger partial charge in [0.15, 0.2) is 0 Å². The number of carbonyl (C=O) groups excluding carboxylic acids is 2. The number of hydrogen-bond acceptors (Lipinski definition) is 3. The topological polar surface area (TPSA) is 37.4 Å². The Morgan fingerprint density at radius 2 is 1.78 bits per heavy atom. The minimum Gasteiger partial charge on any atom is -0.282 e. The Bertz CT molecular complexity index is 321. The van der Waals surface area contributed by atoms with Gasteiger partial charge in [-0.1, -0.05) is 13.8 Å². The number of carbonyl (C=O) groups is 2. The Morgan fingerprint density at radius 3 is 2.28 bits per heavy atom. The van der Waals surface area contributed by atoms with Crippen molar-refractivity contribution in [3.8, 4) is 0 Å². The molecule has 0 aromatic rings. The number of rotatable bonds is 5. The number of hydrogen-bond donors (Lipinski definition) is 1. The van der Waals surface area contributed by atoms with Gasteiger partial charge in [0.25, 0.3) is 0 Å². The molecule has 1 saturated heterocycles. The van der Waals surface area contributed by atoms with E-state index in [0.29, 0.717) is 18.4 Å². The van der Waals surface area contributed by atoms with Crippen LogP contribution in [0.15, 0.2) is 0 Å². The van der Waals surface area contributed by atoms with Gasteiger partial charge in [-0.2, -0.15) is 12.6 Å². The van der Waals surface area contributed by atoms with Crippen LogP contribution in [0.1, 0.15) is 39.5 Å². The van der Waals surface area contributed by atoms with Gasteiger partial charge in [-0.05, 0) is 43.3 Å². The molecule has 102 valence electrons. The van der Waals surface area contributed by atoms with Gasteiger partial charge in [-0.15, -0.1) is 0 Å². The number of fused-ring (bicyclic) bond motifs is 1. The highest BCUT2D eigenvalue weighted by atomic mass is 32.1. The largest absolute Gasteiger partial charge is 0.282 e. The molecule has 0 N–H and O–H groups in total. The summed E-state index contributed by atoms with van der Waals surface area (Å²) >= 11 is 4.21. The molecule has 4 heteroatoms. The molecule has 1 saturated carbocycles. The Morgan fingerprint density at radius 1 is 1.22 bits per heavy atom. The molecule has 18 heavy (non-hydrogen) atoms. The lowest BCUT2D eigenvalue weighted by Gasteiger charge is -2.19. The Hall–Kier alpha value is -0.510. The normalized spacial score (nSPS) is 33.1. The van der Waals surface area contributed by atoms with E-state index >= 15 is 0 Å². The quantitative estimate of drug-likeness (QED) is 0.614.